The van der Waals surface area contributed by atoms with Crippen LogP contribution >= 0.6 is 0 Å². The Bertz CT molecular complexity index is 680. The van der Waals surface area contributed by atoms with Gasteiger partial charge in [0.25, 0.3) is 5.91 Å². The van der Waals surface area contributed by atoms with Crippen molar-refractivity contribution >= 4 is 11.8 Å². The molecule has 3 aliphatic heterocycles. The fourth-order valence-electron chi connectivity index (χ4n) is 4.59. The van der Waals surface area contributed by atoms with Gasteiger partial charge in [0.1, 0.15) is 5.69 Å². The molecule has 2 amide bonds. The molecular weight excluding hydrogens is 294 g/mol. The Balaban J connectivity index is 1.47. The van der Waals surface area contributed by atoms with E-state index in [2.05, 4.69) is 4.57 Å². The van der Waals surface area contributed by atoms with E-state index in [1.165, 1.54) is 0 Å². The van der Waals surface area contributed by atoms with E-state index in [1.807, 2.05) is 28.1 Å². The highest BCUT2D eigenvalue weighted by Crippen LogP contribution is 2.45. The van der Waals surface area contributed by atoms with E-state index in [0.717, 1.165) is 37.9 Å². The zero-order chi connectivity index (χ0) is 15.6. The van der Waals surface area contributed by atoms with Crippen molar-refractivity contribution in [3.8, 4) is 0 Å². The maximum Gasteiger partial charge on any atom is 0.270 e. The van der Waals surface area contributed by atoms with Gasteiger partial charge in [-0.2, -0.15) is 0 Å². The van der Waals surface area contributed by atoms with E-state index in [9.17, 15) is 9.59 Å². The number of rotatable bonds is 2. The molecule has 1 aromatic rings. The minimum absolute atomic E-state index is 0.0487. The minimum Gasteiger partial charge on any atom is -0.353 e. The van der Waals surface area contributed by atoms with Gasteiger partial charge in [-0.05, 0) is 31.4 Å². The van der Waals surface area contributed by atoms with Crippen molar-refractivity contribution in [3.05, 3.63) is 24.0 Å². The summed E-state index contributed by atoms with van der Waals surface area (Å²) >= 11 is 0. The smallest absolute Gasteiger partial charge is 0.270 e. The molecule has 6 heteroatoms. The number of carbonyl (C=O) groups is 2. The van der Waals surface area contributed by atoms with Crippen LogP contribution in [0.25, 0.3) is 0 Å². The van der Waals surface area contributed by atoms with Crippen molar-refractivity contribution in [3.63, 3.8) is 0 Å². The average Bonchev–Trinajstić information content (AvgIpc) is 3.07. The Morgan fingerprint density at radius 2 is 2.17 bits per heavy atom. The summed E-state index contributed by atoms with van der Waals surface area (Å²) in [5.41, 5.74) is 0.202. The second-order valence-corrected chi connectivity index (χ2v) is 7.09. The van der Waals surface area contributed by atoms with Crippen LogP contribution in [0.4, 0.5) is 0 Å². The summed E-state index contributed by atoms with van der Waals surface area (Å²) in [4.78, 5) is 29.2. The summed E-state index contributed by atoms with van der Waals surface area (Å²) in [5.74, 6) is 0.178. The van der Waals surface area contributed by atoms with Gasteiger partial charge in [-0.15, -0.1) is 0 Å². The van der Waals surface area contributed by atoms with Crippen molar-refractivity contribution in [2.75, 3.05) is 19.7 Å². The predicted octanol–water partition coefficient (Wildman–Crippen LogP) is 1.39. The first-order chi connectivity index (χ1) is 11.2. The summed E-state index contributed by atoms with van der Waals surface area (Å²) < 4.78 is 8.18. The standard InChI is InChI=1S/C17H21N3O3/c21-15-11-14-17(20(15)8-2-10-23-17)6-9-19(14)16(22)13-3-1-7-18(13)12-4-5-12/h1,3,7,12,14H,2,4-6,8-11H2/t14-,17+/m1/s1. The SMILES string of the molecule is O=C(c1cccn1C1CC1)N1CC[C@@]23OCCCN2C(=O)C[C@@H]13. The molecule has 1 aromatic heterocycles. The van der Waals surface area contributed by atoms with Gasteiger partial charge in [0.15, 0.2) is 5.72 Å². The fraction of sp³-hybridized carbons (Fsp3) is 0.647. The van der Waals surface area contributed by atoms with Crippen molar-refractivity contribution in [2.45, 2.75) is 49.9 Å². The Hall–Kier alpha value is -1.82. The predicted molar refractivity (Wildman–Crippen MR) is 81.8 cm³/mol. The zero-order valence-corrected chi connectivity index (χ0v) is 13.1. The molecule has 1 aliphatic carbocycles. The number of amides is 2. The number of carbonyl (C=O) groups excluding carboxylic acids is 2. The van der Waals surface area contributed by atoms with Crippen molar-refractivity contribution in [2.24, 2.45) is 0 Å². The summed E-state index contributed by atoms with van der Waals surface area (Å²) in [5, 5.41) is 0. The van der Waals surface area contributed by atoms with E-state index < -0.39 is 5.72 Å². The van der Waals surface area contributed by atoms with Crippen molar-refractivity contribution < 1.29 is 14.3 Å². The third kappa shape index (κ3) is 1.78. The lowest BCUT2D eigenvalue weighted by Gasteiger charge is -2.42. The van der Waals surface area contributed by atoms with Crippen molar-refractivity contribution in [1.29, 1.82) is 0 Å². The maximum absolute atomic E-state index is 13.1. The van der Waals surface area contributed by atoms with Gasteiger partial charge in [-0.1, -0.05) is 0 Å². The number of likely N-dealkylation sites (tertiary alicyclic amines) is 1. The highest BCUT2D eigenvalue weighted by Gasteiger charge is 2.61. The van der Waals surface area contributed by atoms with Crippen LogP contribution in [0.5, 0.6) is 0 Å². The van der Waals surface area contributed by atoms with Crippen LogP contribution in [-0.2, 0) is 9.53 Å². The van der Waals surface area contributed by atoms with Crippen LogP contribution in [0.1, 0.15) is 48.6 Å². The monoisotopic (exact) mass is 315 g/mol. The number of hydrogen-bond acceptors (Lipinski definition) is 3. The number of nitrogens with zero attached hydrogens (tertiary/aromatic N) is 3. The summed E-state index contributed by atoms with van der Waals surface area (Å²) in [6.07, 6.45) is 6.32. The van der Waals surface area contributed by atoms with Crippen LogP contribution in [0.3, 0.4) is 0 Å². The fourth-order valence-corrected chi connectivity index (χ4v) is 4.59. The lowest BCUT2D eigenvalue weighted by molar-refractivity contribution is -0.179. The van der Waals surface area contributed by atoms with Crippen LogP contribution < -0.4 is 0 Å². The number of ether oxygens (including phenoxy) is 1. The lowest BCUT2D eigenvalue weighted by atomic mass is 10.0. The minimum atomic E-state index is -0.554. The van der Waals surface area contributed by atoms with Gasteiger partial charge in [-0.3, -0.25) is 9.59 Å². The summed E-state index contributed by atoms with van der Waals surface area (Å²) in [7, 11) is 0. The quantitative estimate of drug-likeness (QED) is 0.829. The molecule has 6 nitrogen and oxygen atoms in total. The largest absolute Gasteiger partial charge is 0.353 e. The Kier molecular flexibility index (Phi) is 2.72. The van der Waals surface area contributed by atoms with Crippen molar-refractivity contribution in [1.82, 2.24) is 14.4 Å². The van der Waals surface area contributed by atoms with E-state index in [4.69, 9.17) is 4.74 Å². The van der Waals surface area contributed by atoms with Gasteiger partial charge in [0.05, 0.1) is 19.1 Å². The van der Waals surface area contributed by atoms with Gasteiger partial charge >= 0.3 is 0 Å². The zero-order valence-electron chi connectivity index (χ0n) is 13.1. The molecule has 0 unspecified atom stereocenters. The van der Waals surface area contributed by atoms with Gasteiger partial charge < -0.3 is 19.1 Å². The molecule has 23 heavy (non-hydrogen) atoms. The topological polar surface area (TPSA) is 54.8 Å². The van der Waals surface area contributed by atoms with Crippen LogP contribution in [0, 0.1) is 0 Å². The molecule has 0 bridgehead atoms. The second-order valence-electron chi connectivity index (χ2n) is 7.09. The molecule has 4 fully saturated rings. The second kappa shape index (κ2) is 4.60. The Morgan fingerprint density at radius 3 is 3.00 bits per heavy atom. The molecule has 1 spiro atoms. The van der Waals surface area contributed by atoms with Crippen LogP contribution in [0.15, 0.2) is 18.3 Å². The maximum atomic E-state index is 13.1. The molecular formula is C17H21N3O3. The van der Waals surface area contributed by atoms with Gasteiger partial charge in [0.2, 0.25) is 5.91 Å². The van der Waals surface area contributed by atoms with Gasteiger partial charge in [-0.25, -0.2) is 0 Å². The molecule has 0 aromatic carbocycles. The highest BCUT2D eigenvalue weighted by atomic mass is 16.5. The first-order valence-electron chi connectivity index (χ1n) is 8.63. The van der Waals surface area contributed by atoms with Gasteiger partial charge in [0, 0.05) is 31.7 Å². The molecule has 122 valence electrons. The number of aromatic nitrogens is 1. The number of hydrogen-bond donors (Lipinski definition) is 0. The Labute approximate surface area is 135 Å². The first kappa shape index (κ1) is 13.6. The highest BCUT2D eigenvalue weighted by molar-refractivity contribution is 5.94. The van der Waals surface area contributed by atoms with E-state index >= 15 is 0 Å². The molecule has 2 atom stereocenters. The lowest BCUT2D eigenvalue weighted by Crippen LogP contribution is -2.56. The summed E-state index contributed by atoms with van der Waals surface area (Å²) in [6, 6.07) is 4.20. The molecule has 4 heterocycles. The molecule has 3 saturated heterocycles. The molecule has 0 N–H and O–H groups in total. The van der Waals surface area contributed by atoms with Crippen LogP contribution in [0.2, 0.25) is 0 Å². The molecule has 0 radical (unpaired) electrons. The van der Waals surface area contributed by atoms with Crippen LogP contribution in [-0.4, -0.2) is 57.6 Å². The molecule has 4 aliphatic rings. The molecule has 1 saturated carbocycles. The third-order valence-corrected chi connectivity index (χ3v) is 5.81. The van der Waals surface area contributed by atoms with E-state index in [-0.39, 0.29) is 17.9 Å². The third-order valence-electron chi connectivity index (χ3n) is 5.81. The first-order valence-corrected chi connectivity index (χ1v) is 8.63. The van der Waals surface area contributed by atoms with E-state index in [0.29, 0.717) is 25.6 Å². The van der Waals surface area contributed by atoms with E-state index in [1.54, 1.807) is 0 Å². The average molecular weight is 315 g/mol. The summed E-state index contributed by atoms with van der Waals surface area (Å²) in [6.45, 7) is 2.11. The normalized spacial score (nSPS) is 33.0. The Morgan fingerprint density at radius 1 is 1.30 bits per heavy atom. The molecule has 5 rings (SSSR count).